The van der Waals surface area contributed by atoms with Crippen LogP contribution in [-0.2, 0) is 19.9 Å². The fourth-order valence-electron chi connectivity index (χ4n) is 4.12. The minimum atomic E-state index is -0.446. The Morgan fingerprint density at radius 2 is 1.10 bits per heavy atom. The van der Waals surface area contributed by atoms with Gasteiger partial charge in [0, 0.05) is 43.4 Å². The number of benzene rings is 4. The molecule has 0 aliphatic carbocycles. The van der Waals surface area contributed by atoms with E-state index in [2.05, 4.69) is 132 Å². The van der Waals surface area contributed by atoms with Crippen molar-refractivity contribution in [2.24, 2.45) is 0 Å². The second kappa shape index (κ2) is 21.4. The number of thioether (sulfide) groups is 1. The summed E-state index contributed by atoms with van der Waals surface area (Å²) in [5, 5.41) is 7.69. The van der Waals surface area contributed by atoms with Gasteiger partial charge in [-0.25, -0.2) is 0 Å². The number of hydrogen-bond donors (Lipinski definition) is 1. The molecule has 212 valence electrons. The fraction of sp³-hybridized carbons (Fsp3) is 0.250. The average Bonchev–Trinajstić information content (AvgIpc) is 3.02. The summed E-state index contributed by atoms with van der Waals surface area (Å²) < 4.78 is 5.33. The molecule has 0 bridgehead atoms. The maximum atomic E-state index is 5.33. The van der Waals surface area contributed by atoms with Crippen LogP contribution in [0.25, 0.3) is 0 Å². The first kappa shape index (κ1) is 33.2. The monoisotopic (exact) mass is 700 g/mol. The Morgan fingerprint density at radius 1 is 0.675 bits per heavy atom. The number of hydrogen-bond acceptors (Lipinski definition) is 4. The van der Waals surface area contributed by atoms with E-state index >= 15 is 0 Å². The molecule has 40 heavy (non-hydrogen) atoms. The van der Waals surface area contributed by atoms with E-state index in [1.165, 1.54) is 20.8 Å². The van der Waals surface area contributed by atoms with Gasteiger partial charge in [0.2, 0.25) is 0 Å². The number of halogens is 2. The number of ether oxygens (including phenoxy) is 1. The van der Waals surface area contributed by atoms with E-state index < -0.39 is 7.92 Å². The molecule has 1 aliphatic heterocycles. The number of nitrogens with zero attached hydrogens (tertiary/aromatic N) is 1. The summed E-state index contributed by atoms with van der Waals surface area (Å²) >= 11 is 1.56. The maximum Gasteiger partial charge on any atom is 0.0594 e. The van der Waals surface area contributed by atoms with Crippen molar-refractivity contribution in [3.63, 3.8) is 0 Å². The van der Waals surface area contributed by atoms with Crippen molar-refractivity contribution in [2.75, 3.05) is 51.7 Å². The SMILES string of the molecule is [Cl][Ru+2][Cl].c1ccc(P(c2ccccc2)c2ccccc2)cc1.c1ccc(SCCNCCN2CCOCC2)cc1. The summed E-state index contributed by atoms with van der Waals surface area (Å²) in [5.74, 6) is 1.13. The Balaban J connectivity index is 0.000000201. The Labute approximate surface area is 261 Å². The molecule has 1 saturated heterocycles. The van der Waals surface area contributed by atoms with Crippen LogP contribution in [0, 0.1) is 0 Å². The van der Waals surface area contributed by atoms with Crippen LogP contribution in [0.15, 0.2) is 126 Å². The van der Waals surface area contributed by atoms with Crippen molar-refractivity contribution in [1.82, 2.24) is 10.2 Å². The third-order valence-electron chi connectivity index (χ3n) is 6.04. The van der Waals surface area contributed by atoms with E-state index in [1.54, 1.807) is 0 Å². The van der Waals surface area contributed by atoms with E-state index in [1.807, 2.05) is 11.8 Å². The van der Waals surface area contributed by atoms with Crippen molar-refractivity contribution in [2.45, 2.75) is 4.90 Å². The van der Waals surface area contributed by atoms with E-state index in [9.17, 15) is 0 Å². The van der Waals surface area contributed by atoms with Gasteiger partial charge in [0.25, 0.3) is 0 Å². The normalized spacial score (nSPS) is 13.1. The van der Waals surface area contributed by atoms with Gasteiger partial charge in [-0.15, -0.1) is 11.8 Å². The molecule has 0 spiro atoms. The molecule has 8 heteroatoms. The first-order valence-electron chi connectivity index (χ1n) is 13.3. The van der Waals surface area contributed by atoms with Crippen LogP contribution in [0.1, 0.15) is 0 Å². The zero-order chi connectivity index (χ0) is 28.1. The Morgan fingerprint density at radius 3 is 1.55 bits per heavy atom. The largest absolute Gasteiger partial charge is 0.379 e. The second-order valence-corrected chi connectivity index (χ2v) is 14.8. The Bertz CT molecular complexity index is 1050. The van der Waals surface area contributed by atoms with Gasteiger partial charge in [0.05, 0.1) is 13.2 Å². The molecule has 0 atom stereocenters. The zero-order valence-corrected chi connectivity index (χ0v) is 27.5. The summed E-state index contributed by atoms with van der Waals surface area (Å²) in [6.07, 6.45) is 0. The van der Waals surface area contributed by atoms with E-state index in [4.69, 9.17) is 24.1 Å². The molecule has 0 unspecified atom stereocenters. The molecule has 1 N–H and O–H groups in total. The molecule has 1 heterocycles. The van der Waals surface area contributed by atoms with Crippen molar-refractivity contribution >= 4 is 55.0 Å². The van der Waals surface area contributed by atoms with Crippen LogP contribution in [0.5, 0.6) is 0 Å². The molecule has 4 aromatic rings. The first-order valence-corrected chi connectivity index (χ1v) is 20.1. The maximum absolute atomic E-state index is 5.33. The summed E-state index contributed by atoms with van der Waals surface area (Å²) in [4.78, 5) is 3.81. The molecular weight excluding hydrogens is 663 g/mol. The quantitative estimate of drug-likeness (QED) is 0.0882. The molecule has 0 amide bonds. The fourth-order valence-corrected chi connectivity index (χ4v) is 7.26. The van der Waals surface area contributed by atoms with Gasteiger partial charge in [-0.05, 0) is 36.0 Å². The summed E-state index contributed by atoms with van der Waals surface area (Å²) in [6.45, 7) is 7.24. The minimum absolute atomic E-state index is 0.346. The van der Waals surface area contributed by atoms with Crippen LogP contribution in [0.4, 0.5) is 0 Å². The first-order chi connectivity index (χ1) is 19.8. The van der Waals surface area contributed by atoms with E-state index in [0.717, 1.165) is 51.7 Å². The zero-order valence-electron chi connectivity index (χ0n) is 22.5. The molecule has 5 rings (SSSR count). The van der Waals surface area contributed by atoms with E-state index in [-0.39, 0.29) is 15.1 Å². The predicted molar refractivity (Wildman–Crippen MR) is 174 cm³/mol. The van der Waals surface area contributed by atoms with Crippen LogP contribution in [-0.4, -0.2) is 56.6 Å². The van der Waals surface area contributed by atoms with Gasteiger partial charge in [-0.2, -0.15) is 0 Å². The van der Waals surface area contributed by atoms with Gasteiger partial charge in [-0.3, -0.25) is 4.90 Å². The number of nitrogens with one attached hydrogen (secondary N) is 1. The van der Waals surface area contributed by atoms with Gasteiger partial charge in [0.15, 0.2) is 0 Å². The summed E-state index contributed by atoms with van der Waals surface area (Å²) in [7, 11) is 9.26. The van der Waals surface area contributed by atoms with Crippen LogP contribution in [0.2, 0.25) is 0 Å². The Kier molecular flexibility index (Phi) is 17.8. The Hall–Kier alpha value is -1.26. The second-order valence-electron chi connectivity index (χ2n) is 8.76. The molecule has 1 fully saturated rings. The van der Waals surface area contributed by atoms with Gasteiger partial charge in [-0.1, -0.05) is 109 Å². The average molecular weight is 701 g/mol. The standard InChI is InChI=1S/C18H15P.C14H22N2OS.2ClH.Ru/c1-4-10-16(11-5-1)19(17-12-6-2-7-13-17)18-14-8-3-9-15-18;1-2-4-14(5-3-1)18-13-7-15-6-8-16-9-11-17-12-10-16;;;/h1-15H;1-5,15H,6-13H2;2*1H;/q;;;;+4/p-2. The van der Waals surface area contributed by atoms with Crippen LogP contribution >= 0.6 is 39.1 Å². The van der Waals surface area contributed by atoms with Crippen molar-refractivity contribution in [1.29, 1.82) is 0 Å². The van der Waals surface area contributed by atoms with E-state index in [0.29, 0.717) is 0 Å². The molecule has 0 aromatic heterocycles. The molecule has 0 saturated carbocycles. The van der Waals surface area contributed by atoms with Crippen LogP contribution in [0.3, 0.4) is 0 Å². The predicted octanol–water partition coefficient (Wildman–Crippen LogP) is 6.52. The molecule has 3 nitrogen and oxygen atoms in total. The molecule has 4 aromatic carbocycles. The van der Waals surface area contributed by atoms with Gasteiger partial charge >= 0.3 is 34.5 Å². The van der Waals surface area contributed by atoms with Crippen LogP contribution < -0.4 is 21.2 Å². The molecule has 0 radical (unpaired) electrons. The van der Waals surface area contributed by atoms with Crippen molar-refractivity contribution in [3.05, 3.63) is 121 Å². The smallest absolute Gasteiger partial charge is 0.0594 e. The minimum Gasteiger partial charge on any atom is -0.379 e. The third-order valence-corrected chi connectivity index (χ3v) is 9.50. The van der Waals surface area contributed by atoms with Crippen molar-refractivity contribution in [3.8, 4) is 0 Å². The summed E-state index contributed by atoms with van der Waals surface area (Å²) in [5.41, 5.74) is 0. The molecular formula is C32H37Cl2N2OPRuS+2. The number of morpholine rings is 1. The molecule has 1 aliphatic rings. The van der Waals surface area contributed by atoms with Crippen molar-refractivity contribution < 1.29 is 19.9 Å². The van der Waals surface area contributed by atoms with Gasteiger partial charge < -0.3 is 10.1 Å². The third kappa shape index (κ3) is 13.2. The summed E-state index contributed by atoms with van der Waals surface area (Å²) in [6, 6.07) is 42.9. The van der Waals surface area contributed by atoms with Gasteiger partial charge in [0.1, 0.15) is 0 Å². The topological polar surface area (TPSA) is 24.5 Å². The number of rotatable bonds is 10.